The van der Waals surface area contributed by atoms with Crippen molar-refractivity contribution in [3.8, 4) is 5.75 Å². The van der Waals surface area contributed by atoms with Gasteiger partial charge in [0.15, 0.2) is 0 Å². The maximum absolute atomic E-state index is 12.3. The molecule has 5 heteroatoms. The molecule has 1 aromatic rings. The van der Waals surface area contributed by atoms with E-state index in [4.69, 9.17) is 4.74 Å². The van der Waals surface area contributed by atoms with Gasteiger partial charge in [-0.2, -0.15) is 0 Å². The Morgan fingerprint density at radius 1 is 1.41 bits per heavy atom. The predicted molar refractivity (Wildman–Crippen MR) is 84.9 cm³/mol. The maximum atomic E-state index is 12.3. The molecular formula is C17H24N2O3. The zero-order valence-electron chi connectivity index (χ0n) is 13.3. The van der Waals surface area contributed by atoms with Crippen LogP contribution in [0.1, 0.15) is 37.0 Å². The second-order valence-electron chi connectivity index (χ2n) is 5.69. The van der Waals surface area contributed by atoms with Crippen molar-refractivity contribution in [3.63, 3.8) is 0 Å². The summed E-state index contributed by atoms with van der Waals surface area (Å²) in [4.78, 5) is 25.8. The van der Waals surface area contributed by atoms with Crippen LogP contribution in [0.5, 0.6) is 5.75 Å². The number of carbonyl (C=O) groups excluding carboxylic acids is 2. The van der Waals surface area contributed by atoms with Crippen LogP contribution in [0.15, 0.2) is 24.3 Å². The molecule has 5 nitrogen and oxygen atoms in total. The van der Waals surface area contributed by atoms with E-state index < -0.39 is 0 Å². The van der Waals surface area contributed by atoms with Gasteiger partial charge in [0.25, 0.3) is 5.91 Å². The molecule has 22 heavy (non-hydrogen) atoms. The van der Waals surface area contributed by atoms with Gasteiger partial charge < -0.3 is 15.0 Å². The van der Waals surface area contributed by atoms with Crippen molar-refractivity contribution in [1.82, 2.24) is 10.2 Å². The minimum Gasteiger partial charge on any atom is -0.493 e. The number of para-hydroxylation sites is 1. The Bertz CT molecular complexity index is 530. The van der Waals surface area contributed by atoms with Crippen LogP contribution in [-0.4, -0.2) is 43.0 Å². The number of hydrogen-bond donors (Lipinski definition) is 1. The quantitative estimate of drug-likeness (QED) is 0.839. The highest BCUT2D eigenvalue weighted by Crippen LogP contribution is 2.18. The van der Waals surface area contributed by atoms with Crippen molar-refractivity contribution >= 4 is 11.8 Å². The number of hydrogen-bond acceptors (Lipinski definition) is 3. The van der Waals surface area contributed by atoms with Gasteiger partial charge in [-0.05, 0) is 31.4 Å². The third-order valence-corrected chi connectivity index (χ3v) is 3.75. The van der Waals surface area contributed by atoms with Crippen molar-refractivity contribution < 1.29 is 14.3 Å². The summed E-state index contributed by atoms with van der Waals surface area (Å²) in [6, 6.07) is 7.23. The van der Waals surface area contributed by atoms with Crippen molar-refractivity contribution in [2.24, 2.45) is 5.92 Å². The molecule has 1 N–H and O–H groups in total. The number of rotatable bonds is 7. The molecule has 0 unspecified atom stereocenters. The molecule has 0 aliphatic carbocycles. The Balaban J connectivity index is 1.85. The first-order valence-electron chi connectivity index (χ1n) is 7.89. The maximum Gasteiger partial charge on any atom is 0.255 e. The van der Waals surface area contributed by atoms with Gasteiger partial charge in [-0.15, -0.1) is 0 Å². The fraction of sp³-hybridized carbons (Fsp3) is 0.529. The predicted octanol–water partition coefficient (Wildman–Crippen LogP) is 2.07. The van der Waals surface area contributed by atoms with E-state index in [1.807, 2.05) is 30.9 Å². The highest BCUT2D eigenvalue weighted by Gasteiger charge is 2.22. The van der Waals surface area contributed by atoms with Crippen LogP contribution in [0.2, 0.25) is 0 Å². The van der Waals surface area contributed by atoms with E-state index >= 15 is 0 Å². The number of benzene rings is 1. The second kappa shape index (κ2) is 7.82. The lowest BCUT2D eigenvalue weighted by atomic mass is 10.1. The number of likely N-dealkylation sites (tertiary alicyclic amines) is 1. The molecular weight excluding hydrogens is 280 g/mol. The van der Waals surface area contributed by atoms with Crippen LogP contribution < -0.4 is 10.1 Å². The average molecular weight is 304 g/mol. The van der Waals surface area contributed by atoms with Crippen LogP contribution in [0.4, 0.5) is 0 Å². The fourth-order valence-electron chi connectivity index (χ4n) is 2.64. The normalized spacial score (nSPS) is 15.7. The van der Waals surface area contributed by atoms with E-state index in [0.717, 1.165) is 13.0 Å². The van der Waals surface area contributed by atoms with E-state index in [-0.39, 0.29) is 17.7 Å². The topological polar surface area (TPSA) is 58.6 Å². The fourth-order valence-corrected chi connectivity index (χ4v) is 2.64. The number of nitrogens with zero attached hydrogens (tertiary/aromatic N) is 1. The van der Waals surface area contributed by atoms with Crippen LogP contribution >= 0.6 is 0 Å². The molecule has 0 spiro atoms. The minimum absolute atomic E-state index is 0.136. The highest BCUT2D eigenvalue weighted by atomic mass is 16.5. The summed E-state index contributed by atoms with van der Waals surface area (Å²) in [5.74, 6) is 0.915. The Kier molecular flexibility index (Phi) is 5.81. The van der Waals surface area contributed by atoms with Crippen molar-refractivity contribution in [3.05, 3.63) is 29.8 Å². The Morgan fingerprint density at radius 3 is 2.86 bits per heavy atom. The number of ether oxygens (including phenoxy) is 1. The van der Waals surface area contributed by atoms with Crippen molar-refractivity contribution in [2.75, 3.05) is 26.2 Å². The van der Waals surface area contributed by atoms with E-state index in [1.54, 1.807) is 12.1 Å². The summed E-state index contributed by atoms with van der Waals surface area (Å²) in [6.45, 7) is 6.54. The van der Waals surface area contributed by atoms with Gasteiger partial charge >= 0.3 is 0 Å². The van der Waals surface area contributed by atoms with Gasteiger partial charge in [-0.25, -0.2) is 0 Å². The summed E-state index contributed by atoms with van der Waals surface area (Å²) in [6.07, 6.45) is 1.60. The molecule has 1 atom stereocenters. The number of nitrogens with one attached hydrogen (secondary N) is 1. The zero-order chi connectivity index (χ0) is 15.9. The lowest BCUT2D eigenvalue weighted by molar-refractivity contribution is -0.128. The first kappa shape index (κ1) is 16.3. The monoisotopic (exact) mass is 304 g/mol. The van der Waals surface area contributed by atoms with E-state index in [9.17, 15) is 9.59 Å². The molecule has 0 aromatic heterocycles. The summed E-state index contributed by atoms with van der Waals surface area (Å²) in [5.41, 5.74) is 0.550. The Morgan fingerprint density at radius 2 is 2.18 bits per heavy atom. The third kappa shape index (κ3) is 4.23. The number of carbonyl (C=O) groups is 2. The van der Waals surface area contributed by atoms with E-state index in [1.165, 1.54) is 0 Å². The van der Waals surface area contributed by atoms with Crippen LogP contribution in [0.25, 0.3) is 0 Å². The van der Waals surface area contributed by atoms with Crippen molar-refractivity contribution in [2.45, 2.75) is 26.7 Å². The lowest BCUT2D eigenvalue weighted by Gasteiger charge is -2.21. The summed E-state index contributed by atoms with van der Waals surface area (Å²) >= 11 is 0. The molecule has 1 aliphatic heterocycles. The van der Waals surface area contributed by atoms with Crippen molar-refractivity contribution in [1.29, 1.82) is 0 Å². The van der Waals surface area contributed by atoms with Gasteiger partial charge in [0, 0.05) is 26.1 Å². The standard InChI is InChI=1S/C17H24N2O3/c1-3-22-15-8-5-4-7-14(15)17(21)18-11-13(2)12-19-10-6-9-16(19)20/h4-5,7-8,13H,3,6,9-12H2,1-2H3,(H,18,21)/t13-/m1/s1. The molecule has 1 aliphatic rings. The first-order valence-corrected chi connectivity index (χ1v) is 7.89. The molecule has 1 saturated heterocycles. The Hall–Kier alpha value is -2.04. The molecule has 1 heterocycles. The van der Waals surface area contributed by atoms with Crippen LogP contribution in [0.3, 0.4) is 0 Å². The SMILES string of the molecule is CCOc1ccccc1C(=O)NC[C@@H](C)CN1CCCC1=O. The zero-order valence-corrected chi connectivity index (χ0v) is 13.3. The smallest absolute Gasteiger partial charge is 0.255 e. The van der Waals surface area contributed by atoms with Gasteiger partial charge in [0.1, 0.15) is 5.75 Å². The van der Waals surface area contributed by atoms with E-state index in [2.05, 4.69) is 5.32 Å². The van der Waals surface area contributed by atoms with Gasteiger partial charge in [0.05, 0.1) is 12.2 Å². The Labute approximate surface area is 131 Å². The summed E-state index contributed by atoms with van der Waals surface area (Å²) in [5, 5.41) is 2.93. The average Bonchev–Trinajstić information content (AvgIpc) is 2.91. The third-order valence-electron chi connectivity index (χ3n) is 3.75. The molecule has 120 valence electrons. The molecule has 2 rings (SSSR count). The van der Waals surface area contributed by atoms with Gasteiger partial charge in [-0.1, -0.05) is 19.1 Å². The largest absolute Gasteiger partial charge is 0.493 e. The first-order chi connectivity index (χ1) is 10.6. The minimum atomic E-state index is -0.136. The molecule has 1 fully saturated rings. The molecule has 0 radical (unpaired) electrons. The highest BCUT2D eigenvalue weighted by molar-refractivity contribution is 5.96. The summed E-state index contributed by atoms with van der Waals surface area (Å²) in [7, 11) is 0. The van der Waals surface area contributed by atoms with E-state index in [0.29, 0.717) is 37.4 Å². The molecule has 0 bridgehead atoms. The molecule has 1 aromatic carbocycles. The summed E-state index contributed by atoms with van der Waals surface area (Å²) < 4.78 is 5.47. The van der Waals surface area contributed by atoms with Crippen LogP contribution in [-0.2, 0) is 4.79 Å². The molecule has 2 amide bonds. The van der Waals surface area contributed by atoms with Gasteiger partial charge in [-0.3, -0.25) is 9.59 Å². The number of amides is 2. The van der Waals surface area contributed by atoms with Gasteiger partial charge in [0.2, 0.25) is 5.91 Å². The van der Waals surface area contributed by atoms with Crippen LogP contribution in [0, 0.1) is 5.92 Å². The molecule has 0 saturated carbocycles. The second-order valence-corrected chi connectivity index (χ2v) is 5.69. The lowest BCUT2D eigenvalue weighted by Crippen LogP contribution is -2.36.